The quantitative estimate of drug-likeness (QED) is 0.477. The number of amides is 1. The molecule has 1 aliphatic heterocycles. The van der Waals surface area contributed by atoms with Gasteiger partial charge in [-0.2, -0.15) is 4.31 Å². The maximum absolute atomic E-state index is 13.0. The van der Waals surface area contributed by atoms with Crippen LogP contribution >= 0.6 is 27.5 Å². The number of aryl methyl sites for hydroxylation is 1. The number of hydrogen-bond acceptors (Lipinski definition) is 4. The van der Waals surface area contributed by atoms with E-state index in [-0.39, 0.29) is 5.91 Å². The first kappa shape index (κ1) is 23.8. The van der Waals surface area contributed by atoms with Crippen LogP contribution in [0, 0.1) is 6.92 Å². The van der Waals surface area contributed by atoms with E-state index in [0.29, 0.717) is 57.5 Å². The highest BCUT2D eigenvalue weighted by molar-refractivity contribution is 9.10. The normalized spacial score (nSPS) is 14.8. The molecule has 4 rings (SSSR count). The number of hydrogen-bond donors (Lipinski definition) is 1. The molecule has 3 aromatic rings. The highest BCUT2D eigenvalue weighted by atomic mass is 79.9. The summed E-state index contributed by atoms with van der Waals surface area (Å²) in [6, 6.07) is 19.4. The van der Waals surface area contributed by atoms with E-state index in [1.54, 1.807) is 54.6 Å². The number of carbonyl (C=O) groups excluding carboxylic acids is 1. The predicted octanol–water partition coefficient (Wildman–Crippen LogP) is 5.17. The van der Waals surface area contributed by atoms with Crippen molar-refractivity contribution in [3.63, 3.8) is 0 Å². The Morgan fingerprint density at radius 2 is 1.61 bits per heavy atom. The monoisotopic (exact) mass is 547 g/mol. The van der Waals surface area contributed by atoms with Crippen LogP contribution in [0.15, 0.2) is 76.1 Å². The van der Waals surface area contributed by atoms with Gasteiger partial charge >= 0.3 is 0 Å². The van der Waals surface area contributed by atoms with E-state index in [1.807, 2.05) is 24.0 Å². The van der Waals surface area contributed by atoms with Gasteiger partial charge in [-0.15, -0.1) is 0 Å². The van der Waals surface area contributed by atoms with Crippen LogP contribution in [0.3, 0.4) is 0 Å². The number of nitrogens with zero attached hydrogens (tertiary/aromatic N) is 2. The number of benzene rings is 3. The van der Waals surface area contributed by atoms with Crippen molar-refractivity contribution in [2.75, 3.05) is 36.4 Å². The molecule has 1 amide bonds. The van der Waals surface area contributed by atoms with Crippen LogP contribution in [0.5, 0.6) is 0 Å². The molecule has 0 bridgehead atoms. The van der Waals surface area contributed by atoms with Gasteiger partial charge < -0.3 is 10.2 Å². The van der Waals surface area contributed by atoms with Gasteiger partial charge in [0.25, 0.3) is 5.91 Å². The third-order valence-corrected chi connectivity index (χ3v) is 8.48. The van der Waals surface area contributed by atoms with Gasteiger partial charge in [0.05, 0.1) is 26.9 Å². The Labute approximate surface area is 207 Å². The molecular weight excluding hydrogens is 526 g/mol. The average Bonchev–Trinajstić information content (AvgIpc) is 2.80. The van der Waals surface area contributed by atoms with Crippen LogP contribution in [-0.2, 0) is 10.0 Å². The number of sulfonamides is 1. The van der Waals surface area contributed by atoms with Gasteiger partial charge in [-0.05, 0) is 59.3 Å². The minimum Gasteiger partial charge on any atom is -0.366 e. The van der Waals surface area contributed by atoms with Crippen LogP contribution in [0.25, 0.3) is 0 Å². The van der Waals surface area contributed by atoms with E-state index >= 15 is 0 Å². The van der Waals surface area contributed by atoms with E-state index in [1.165, 1.54) is 4.31 Å². The maximum atomic E-state index is 13.0. The molecule has 1 N–H and O–H groups in total. The van der Waals surface area contributed by atoms with E-state index in [2.05, 4.69) is 21.2 Å². The van der Waals surface area contributed by atoms with Gasteiger partial charge in [0.1, 0.15) is 0 Å². The maximum Gasteiger partial charge on any atom is 0.256 e. The first-order valence-electron chi connectivity index (χ1n) is 10.4. The van der Waals surface area contributed by atoms with E-state index in [0.717, 1.165) is 5.56 Å². The largest absolute Gasteiger partial charge is 0.366 e. The SMILES string of the molecule is Cc1ccc(S(=O)(=O)N2CCN(c3c(Cl)cccc3NC(=O)c3ccccc3Br)CC2)cc1. The summed E-state index contributed by atoms with van der Waals surface area (Å²) in [5.74, 6) is -0.258. The zero-order valence-corrected chi connectivity index (χ0v) is 21.1. The number of para-hydroxylation sites is 1. The number of halogens is 2. The highest BCUT2D eigenvalue weighted by Gasteiger charge is 2.30. The van der Waals surface area contributed by atoms with Gasteiger partial charge in [0.2, 0.25) is 10.0 Å². The molecular formula is C24H23BrClN3O3S. The average molecular weight is 549 g/mol. The third-order valence-electron chi connectivity index (χ3n) is 5.57. The molecule has 1 fully saturated rings. The molecule has 33 heavy (non-hydrogen) atoms. The molecule has 0 atom stereocenters. The van der Waals surface area contributed by atoms with E-state index < -0.39 is 10.0 Å². The van der Waals surface area contributed by atoms with Crippen molar-refractivity contribution >= 4 is 54.8 Å². The smallest absolute Gasteiger partial charge is 0.256 e. The van der Waals surface area contributed by atoms with Gasteiger partial charge in [-0.25, -0.2) is 8.42 Å². The molecule has 0 radical (unpaired) electrons. The lowest BCUT2D eigenvalue weighted by Gasteiger charge is -2.36. The molecule has 1 heterocycles. The van der Waals surface area contributed by atoms with Crippen molar-refractivity contribution in [3.05, 3.63) is 87.4 Å². The van der Waals surface area contributed by atoms with Gasteiger partial charge in [0.15, 0.2) is 0 Å². The van der Waals surface area contributed by atoms with Crippen molar-refractivity contribution in [2.24, 2.45) is 0 Å². The minimum atomic E-state index is -3.57. The summed E-state index contributed by atoms with van der Waals surface area (Å²) in [6.45, 7) is 3.46. The molecule has 0 saturated carbocycles. The second kappa shape index (κ2) is 9.85. The number of rotatable bonds is 5. The Hall–Kier alpha value is -2.39. The molecule has 1 aliphatic rings. The molecule has 0 aliphatic carbocycles. The fraction of sp³-hybridized carbons (Fsp3) is 0.208. The molecule has 0 aromatic heterocycles. The van der Waals surface area contributed by atoms with Crippen molar-refractivity contribution in [1.29, 1.82) is 0 Å². The number of nitrogens with one attached hydrogen (secondary N) is 1. The summed E-state index contributed by atoms with van der Waals surface area (Å²) in [5.41, 5.74) is 2.79. The Kier molecular flexibility index (Phi) is 7.09. The topological polar surface area (TPSA) is 69.7 Å². The van der Waals surface area contributed by atoms with Crippen LogP contribution in [0.1, 0.15) is 15.9 Å². The lowest BCUT2D eigenvalue weighted by Crippen LogP contribution is -2.49. The molecule has 0 spiro atoms. The first-order chi connectivity index (χ1) is 15.8. The highest BCUT2D eigenvalue weighted by Crippen LogP contribution is 2.35. The minimum absolute atomic E-state index is 0.258. The molecule has 172 valence electrons. The molecule has 9 heteroatoms. The first-order valence-corrected chi connectivity index (χ1v) is 13.0. The second-order valence-electron chi connectivity index (χ2n) is 7.77. The van der Waals surface area contributed by atoms with Gasteiger partial charge in [-0.1, -0.05) is 47.5 Å². The number of anilines is 2. The fourth-order valence-electron chi connectivity index (χ4n) is 3.78. The Morgan fingerprint density at radius 1 is 0.939 bits per heavy atom. The second-order valence-corrected chi connectivity index (χ2v) is 11.0. The van der Waals surface area contributed by atoms with E-state index in [4.69, 9.17) is 11.6 Å². The summed E-state index contributed by atoms with van der Waals surface area (Å²) >= 11 is 9.93. The molecule has 3 aromatic carbocycles. The van der Waals surface area contributed by atoms with Crippen molar-refractivity contribution in [3.8, 4) is 0 Å². The number of piperazine rings is 1. The van der Waals surface area contributed by atoms with Crippen LogP contribution in [-0.4, -0.2) is 44.8 Å². The van der Waals surface area contributed by atoms with Crippen molar-refractivity contribution in [2.45, 2.75) is 11.8 Å². The van der Waals surface area contributed by atoms with Crippen molar-refractivity contribution < 1.29 is 13.2 Å². The molecule has 0 unspecified atom stereocenters. The molecule has 1 saturated heterocycles. The van der Waals surface area contributed by atoms with Gasteiger partial charge in [0, 0.05) is 30.7 Å². The summed E-state index contributed by atoms with van der Waals surface area (Å²) in [4.78, 5) is 15.2. The zero-order valence-electron chi connectivity index (χ0n) is 18.0. The van der Waals surface area contributed by atoms with Crippen molar-refractivity contribution in [1.82, 2.24) is 4.31 Å². The summed E-state index contributed by atoms with van der Waals surface area (Å²) in [7, 11) is -3.57. The standard InChI is InChI=1S/C24H23BrClN3O3S/c1-17-9-11-18(12-10-17)33(31,32)29-15-13-28(14-16-29)23-21(26)7-4-8-22(23)27-24(30)19-5-2-3-6-20(19)25/h2-12H,13-16H2,1H3,(H,27,30). The lowest BCUT2D eigenvalue weighted by molar-refractivity contribution is 0.102. The predicted molar refractivity (Wildman–Crippen MR) is 136 cm³/mol. The Bertz CT molecular complexity index is 1270. The van der Waals surface area contributed by atoms with Crippen LogP contribution in [0.4, 0.5) is 11.4 Å². The van der Waals surface area contributed by atoms with E-state index in [9.17, 15) is 13.2 Å². The Balaban J connectivity index is 1.52. The van der Waals surface area contributed by atoms with Crippen LogP contribution in [0.2, 0.25) is 5.02 Å². The Morgan fingerprint density at radius 3 is 2.27 bits per heavy atom. The zero-order chi connectivity index (χ0) is 23.6. The van der Waals surface area contributed by atoms with Crippen LogP contribution < -0.4 is 10.2 Å². The summed E-state index contributed by atoms with van der Waals surface area (Å²) in [6.07, 6.45) is 0. The third kappa shape index (κ3) is 5.09. The molecule has 6 nitrogen and oxygen atoms in total. The fourth-order valence-corrected chi connectivity index (χ4v) is 5.97. The number of carbonyl (C=O) groups is 1. The van der Waals surface area contributed by atoms with Gasteiger partial charge in [-0.3, -0.25) is 4.79 Å². The summed E-state index contributed by atoms with van der Waals surface area (Å²) in [5, 5.41) is 3.45. The lowest BCUT2D eigenvalue weighted by atomic mass is 10.2. The summed E-state index contributed by atoms with van der Waals surface area (Å²) < 4.78 is 28.2.